The Kier molecular flexibility index (Phi) is 5.31. The first kappa shape index (κ1) is 14.2. The molecule has 0 saturated heterocycles. The van der Waals surface area contributed by atoms with E-state index in [4.69, 9.17) is 0 Å². The van der Waals surface area contributed by atoms with E-state index in [0.29, 0.717) is 5.69 Å². The fourth-order valence-electron chi connectivity index (χ4n) is 1.17. The van der Waals surface area contributed by atoms with Gasteiger partial charge in [-0.1, -0.05) is 13.8 Å². The summed E-state index contributed by atoms with van der Waals surface area (Å²) < 4.78 is 1.62. The summed E-state index contributed by atoms with van der Waals surface area (Å²) in [7, 11) is 1.79. The number of hydrogen-bond donors (Lipinski definition) is 2. The van der Waals surface area contributed by atoms with Gasteiger partial charge in [0.2, 0.25) is 0 Å². The number of urea groups is 1. The van der Waals surface area contributed by atoms with Gasteiger partial charge in [-0.25, -0.2) is 9.78 Å². The highest BCUT2D eigenvalue weighted by Gasteiger charge is 2.07. The summed E-state index contributed by atoms with van der Waals surface area (Å²) in [4.78, 5) is 15.6. The van der Waals surface area contributed by atoms with Crippen LogP contribution in [-0.4, -0.2) is 20.8 Å². The Balaban J connectivity index is 0.000000771. The van der Waals surface area contributed by atoms with Gasteiger partial charge in [0.05, 0.1) is 23.1 Å². The van der Waals surface area contributed by atoms with Crippen molar-refractivity contribution in [3.8, 4) is 0 Å². The maximum atomic E-state index is 11.6. The van der Waals surface area contributed by atoms with Crippen molar-refractivity contribution >= 4 is 28.1 Å². The summed E-state index contributed by atoms with van der Waals surface area (Å²) in [6.07, 6.45) is 3.30. The maximum absolute atomic E-state index is 11.6. The largest absolute Gasteiger partial charge is 0.324 e. The van der Waals surface area contributed by atoms with E-state index >= 15 is 0 Å². The van der Waals surface area contributed by atoms with Crippen LogP contribution >= 0.6 is 11.3 Å². The molecule has 0 spiro atoms. The predicted molar refractivity (Wildman–Crippen MR) is 74.0 cm³/mol. The molecule has 7 heteroatoms. The molecule has 0 unspecified atom stereocenters. The summed E-state index contributed by atoms with van der Waals surface area (Å²) in [5, 5.41) is 10.1. The average molecular weight is 267 g/mol. The first-order valence-corrected chi connectivity index (χ1v) is 6.50. The normalized spacial score (nSPS) is 9.33. The molecule has 0 atom stereocenters. The number of anilines is 2. The molecule has 0 aliphatic carbocycles. The van der Waals surface area contributed by atoms with E-state index in [1.807, 2.05) is 20.8 Å². The molecule has 0 saturated carbocycles. The minimum absolute atomic E-state index is 0.291. The number of carbonyl (C=O) groups excluding carboxylic acids is 1. The van der Waals surface area contributed by atoms with Crippen molar-refractivity contribution < 1.29 is 4.79 Å². The van der Waals surface area contributed by atoms with Crippen LogP contribution in [0.1, 0.15) is 19.5 Å². The summed E-state index contributed by atoms with van der Waals surface area (Å²) in [6.45, 7) is 5.84. The quantitative estimate of drug-likeness (QED) is 0.878. The molecular weight excluding hydrogens is 250 g/mol. The van der Waals surface area contributed by atoms with Gasteiger partial charge in [-0.05, 0) is 6.92 Å². The third-order valence-electron chi connectivity index (χ3n) is 1.94. The first-order valence-electron chi connectivity index (χ1n) is 5.62. The van der Waals surface area contributed by atoms with E-state index < -0.39 is 0 Å². The lowest BCUT2D eigenvalue weighted by atomic mass is 10.5. The zero-order valence-electron chi connectivity index (χ0n) is 10.9. The van der Waals surface area contributed by atoms with Crippen LogP contribution in [0.5, 0.6) is 0 Å². The first-order chi connectivity index (χ1) is 8.65. The summed E-state index contributed by atoms with van der Waals surface area (Å²) in [5.41, 5.74) is 3.16. The SMILES string of the molecule is CC.Cc1ncsc1NC(=O)Nc1cnn(C)c1. The third-order valence-corrected chi connectivity index (χ3v) is 2.78. The monoisotopic (exact) mass is 267 g/mol. The Labute approximate surface area is 110 Å². The highest BCUT2D eigenvalue weighted by molar-refractivity contribution is 7.14. The van der Waals surface area contributed by atoms with Crippen LogP contribution < -0.4 is 10.6 Å². The number of nitrogens with one attached hydrogen (secondary N) is 2. The fraction of sp³-hybridized carbons (Fsp3) is 0.364. The summed E-state index contributed by atoms with van der Waals surface area (Å²) in [5.74, 6) is 0. The van der Waals surface area contributed by atoms with Crippen molar-refractivity contribution in [2.24, 2.45) is 7.05 Å². The van der Waals surface area contributed by atoms with Gasteiger partial charge >= 0.3 is 6.03 Å². The molecule has 98 valence electrons. The Morgan fingerprint density at radius 1 is 1.39 bits per heavy atom. The van der Waals surface area contributed by atoms with E-state index in [1.165, 1.54) is 11.3 Å². The molecule has 0 aliphatic heterocycles. The van der Waals surface area contributed by atoms with Gasteiger partial charge in [0.1, 0.15) is 5.00 Å². The molecule has 0 fully saturated rings. The zero-order valence-corrected chi connectivity index (χ0v) is 11.7. The number of aryl methyl sites for hydroxylation is 2. The molecule has 0 bridgehead atoms. The van der Waals surface area contributed by atoms with Crippen LogP contribution in [0, 0.1) is 6.92 Å². The van der Waals surface area contributed by atoms with Gasteiger partial charge < -0.3 is 5.32 Å². The lowest BCUT2D eigenvalue weighted by molar-refractivity contribution is 0.262. The molecule has 0 aromatic carbocycles. The molecule has 2 N–H and O–H groups in total. The van der Waals surface area contributed by atoms with Gasteiger partial charge in [0, 0.05) is 13.2 Å². The third kappa shape index (κ3) is 3.85. The van der Waals surface area contributed by atoms with Crippen molar-refractivity contribution in [3.05, 3.63) is 23.6 Å². The summed E-state index contributed by atoms with van der Waals surface area (Å²) >= 11 is 1.39. The topological polar surface area (TPSA) is 71.8 Å². The molecular formula is C11H17N5OS. The molecule has 0 radical (unpaired) electrons. The molecule has 2 heterocycles. The number of nitrogens with zero attached hydrogens (tertiary/aromatic N) is 3. The highest BCUT2D eigenvalue weighted by Crippen LogP contribution is 2.18. The van der Waals surface area contributed by atoms with Crippen molar-refractivity contribution in [2.75, 3.05) is 10.6 Å². The number of amides is 2. The highest BCUT2D eigenvalue weighted by atomic mass is 32.1. The van der Waals surface area contributed by atoms with Crippen molar-refractivity contribution in [1.29, 1.82) is 0 Å². The Morgan fingerprint density at radius 2 is 2.11 bits per heavy atom. The Hall–Kier alpha value is -1.89. The van der Waals surface area contributed by atoms with Crippen LogP contribution in [0.4, 0.5) is 15.5 Å². The van der Waals surface area contributed by atoms with Gasteiger partial charge in [-0.3, -0.25) is 10.00 Å². The lowest BCUT2D eigenvalue weighted by Crippen LogP contribution is -2.18. The van der Waals surface area contributed by atoms with Crippen LogP contribution in [0.15, 0.2) is 17.9 Å². The van der Waals surface area contributed by atoms with Crippen molar-refractivity contribution in [1.82, 2.24) is 14.8 Å². The molecule has 2 amide bonds. The standard InChI is InChI=1S/C9H11N5OS.C2H6/c1-6-8(16-5-10-6)13-9(15)12-7-3-11-14(2)4-7;1-2/h3-5H,1-2H3,(H2,12,13,15);1-2H3. The van der Waals surface area contributed by atoms with Crippen molar-refractivity contribution in [2.45, 2.75) is 20.8 Å². The van der Waals surface area contributed by atoms with Gasteiger partial charge in [0.15, 0.2) is 0 Å². The van der Waals surface area contributed by atoms with E-state index in [0.717, 1.165) is 10.7 Å². The fourth-order valence-corrected chi connectivity index (χ4v) is 1.86. The zero-order chi connectivity index (χ0) is 13.5. The molecule has 18 heavy (non-hydrogen) atoms. The molecule has 0 aliphatic rings. The van der Waals surface area contributed by atoms with Gasteiger partial charge in [0.25, 0.3) is 0 Å². The Morgan fingerprint density at radius 3 is 2.61 bits per heavy atom. The second-order valence-electron chi connectivity index (χ2n) is 3.25. The van der Waals surface area contributed by atoms with E-state index in [9.17, 15) is 4.79 Å². The number of thiazole rings is 1. The van der Waals surface area contributed by atoms with Gasteiger partial charge in [-0.15, -0.1) is 11.3 Å². The number of carbonyl (C=O) groups is 1. The average Bonchev–Trinajstić information content (AvgIpc) is 2.92. The molecule has 2 rings (SSSR count). The molecule has 2 aromatic heterocycles. The van der Waals surface area contributed by atoms with Crippen LogP contribution in [0.25, 0.3) is 0 Å². The van der Waals surface area contributed by atoms with E-state index in [1.54, 1.807) is 29.6 Å². The lowest BCUT2D eigenvalue weighted by Gasteiger charge is -2.03. The minimum atomic E-state index is -0.291. The Bertz CT molecular complexity index is 505. The van der Waals surface area contributed by atoms with Crippen LogP contribution in [-0.2, 0) is 7.05 Å². The van der Waals surface area contributed by atoms with Crippen molar-refractivity contribution in [3.63, 3.8) is 0 Å². The van der Waals surface area contributed by atoms with E-state index in [2.05, 4.69) is 20.7 Å². The maximum Gasteiger partial charge on any atom is 0.324 e. The minimum Gasteiger partial charge on any atom is -0.305 e. The molecule has 6 nitrogen and oxygen atoms in total. The van der Waals surface area contributed by atoms with Gasteiger partial charge in [-0.2, -0.15) is 5.10 Å². The van der Waals surface area contributed by atoms with Crippen LogP contribution in [0.2, 0.25) is 0 Å². The van der Waals surface area contributed by atoms with E-state index in [-0.39, 0.29) is 6.03 Å². The molecule has 2 aromatic rings. The second-order valence-corrected chi connectivity index (χ2v) is 4.10. The second kappa shape index (κ2) is 6.75. The summed E-state index contributed by atoms with van der Waals surface area (Å²) in [6, 6.07) is -0.291. The number of hydrogen-bond acceptors (Lipinski definition) is 4. The number of rotatable bonds is 2. The number of aromatic nitrogens is 3. The van der Waals surface area contributed by atoms with Crippen LogP contribution in [0.3, 0.4) is 0 Å². The smallest absolute Gasteiger partial charge is 0.305 e. The predicted octanol–water partition coefficient (Wildman–Crippen LogP) is 2.86.